The molecule has 0 bridgehead atoms. The molecule has 1 atom stereocenters. The van der Waals surface area contributed by atoms with E-state index in [4.69, 9.17) is 4.74 Å². The molecular formula is C18H20FNO. The van der Waals surface area contributed by atoms with Gasteiger partial charge in [-0.05, 0) is 43.1 Å². The van der Waals surface area contributed by atoms with Gasteiger partial charge in [-0.15, -0.1) is 0 Å². The quantitative estimate of drug-likeness (QED) is 0.864. The Hall–Kier alpha value is -1.87. The molecule has 1 fully saturated rings. The summed E-state index contributed by atoms with van der Waals surface area (Å²) in [7, 11) is 0. The van der Waals surface area contributed by atoms with Crippen LogP contribution in [-0.2, 0) is 0 Å². The van der Waals surface area contributed by atoms with Gasteiger partial charge in [0.15, 0.2) is 0 Å². The lowest BCUT2D eigenvalue weighted by Gasteiger charge is -2.20. The van der Waals surface area contributed by atoms with E-state index in [1.165, 1.54) is 6.07 Å². The van der Waals surface area contributed by atoms with Crippen LogP contribution < -0.4 is 10.1 Å². The Bertz CT molecular complexity index is 610. The van der Waals surface area contributed by atoms with Gasteiger partial charge in [0.25, 0.3) is 0 Å². The van der Waals surface area contributed by atoms with E-state index in [2.05, 4.69) is 5.32 Å². The molecule has 21 heavy (non-hydrogen) atoms. The van der Waals surface area contributed by atoms with Crippen LogP contribution in [0.2, 0.25) is 0 Å². The SMILES string of the molecule is CCNC(c1cccc(OC2CC2)c1)c1ccccc1F. The zero-order chi connectivity index (χ0) is 14.7. The maximum Gasteiger partial charge on any atom is 0.128 e. The van der Waals surface area contributed by atoms with Crippen LogP contribution in [-0.4, -0.2) is 12.6 Å². The molecule has 1 saturated carbocycles. The van der Waals surface area contributed by atoms with Crippen molar-refractivity contribution >= 4 is 0 Å². The molecule has 0 saturated heterocycles. The fourth-order valence-electron chi connectivity index (χ4n) is 2.47. The molecule has 1 aliphatic rings. The van der Waals surface area contributed by atoms with Gasteiger partial charge < -0.3 is 10.1 Å². The van der Waals surface area contributed by atoms with Gasteiger partial charge in [-0.1, -0.05) is 37.3 Å². The van der Waals surface area contributed by atoms with Crippen molar-refractivity contribution in [2.24, 2.45) is 0 Å². The average molecular weight is 285 g/mol. The Morgan fingerprint density at radius 2 is 2.00 bits per heavy atom. The Balaban J connectivity index is 1.91. The minimum Gasteiger partial charge on any atom is -0.490 e. The smallest absolute Gasteiger partial charge is 0.128 e. The predicted octanol–water partition coefficient (Wildman–Crippen LogP) is 4.07. The van der Waals surface area contributed by atoms with Gasteiger partial charge in [0.1, 0.15) is 11.6 Å². The van der Waals surface area contributed by atoms with E-state index in [0.717, 1.165) is 30.7 Å². The molecule has 3 rings (SSSR count). The topological polar surface area (TPSA) is 21.3 Å². The molecule has 3 heteroatoms. The highest BCUT2D eigenvalue weighted by Gasteiger charge is 2.24. The number of nitrogens with one attached hydrogen (secondary N) is 1. The molecule has 0 aliphatic heterocycles. The van der Waals surface area contributed by atoms with E-state index in [-0.39, 0.29) is 11.9 Å². The molecule has 2 aromatic carbocycles. The largest absolute Gasteiger partial charge is 0.490 e. The summed E-state index contributed by atoms with van der Waals surface area (Å²) in [6, 6.07) is 14.7. The Morgan fingerprint density at radius 3 is 2.71 bits per heavy atom. The summed E-state index contributed by atoms with van der Waals surface area (Å²) in [6.45, 7) is 2.80. The Labute approximate surface area is 125 Å². The highest BCUT2D eigenvalue weighted by molar-refractivity contribution is 5.37. The first-order valence-electron chi connectivity index (χ1n) is 7.52. The molecule has 1 aliphatic carbocycles. The minimum atomic E-state index is -0.183. The predicted molar refractivity (Wildman–Crippen MR) is 82.0 cm³/mol. The highest BCUT2D eigenvalue weighted by Crippen LogP contribution is 2.30. The van der Waals surface area contributed by atoms with Gasteiger partial charge in [0, 0.05) is 5.56 Å². The summed E-state index contributed by atoms with van der Waals surface area (Å²) in [4.78, 5) is 0. The van der Waals surface area contributed by atoms with Crippen LogP contribution in [0.3, 0.4) is 0 Å². The normalized spacial score (nSPS) is 15.7. The van der Waals surface area contributed by atoms with Crippen molar-refractivity contribution in [3.8, 4) is 5.75 Å². The lowest BCUT2D eigenvalue weighted by molar-refractivity contribution is 0.302. The van der Waals surface area contributed by atoms with Crippen LogP contribution >= 0.6 is 0 Å². The van der Waals surface area contributed by atoms with Crippen molar-refractivity contribution in [2.75, 3.05) is 6.54 Å². The van der Waals surface area contributed by atoms with Gasteiger partial charge in [0.2, 0.25) is 0 Å². The zero-order valence-corrected chi connectivity index (χ0v) is 12.2. The van der Waals surface area contributed by atoms with Crippen LogP contribution in [0, 0.1) is 5.82 Å². The number of benzene rings is 2. The molecule has 0 spiro atoms. The van der Waals surface area contributed by atoms with Gasteiger partial charge in [-0.2, -0.15) is 0 Å². The van der Waals surface area contributed by atoms with Crippen LogP contribution in [0.4, 0.5) is 4.39 Å². The van der Waals surface area contributed by atoms with Crippen LogP contribution in [0.1, 0.15) is 36.9 Å². The van der Waals surface area contributed by atoms with Crippen molar-refractivity contribution in [1.82, 2.24) is 5.32 Å². The second-order valence-corrected chi connectivity index (χ2v) is 5.40. The third-order valence-electron chi connectivity index (χ3n) is 3.64. The number of hydrogen-bond acceptors (Lipinski definition) is 2. The monoisotopic (exact) mass is 285 g/mol. The van der Waals surface area contributed by atoms with Gasteiger partial charge in [-0.25, -0.2) is 4.39 Å². The first-order chi connectivity index (χ1) is 10.3. The summed E-state index contributed by atoms with van der Waals surface area (Å²) < 4.78 is 19.9. The first kappa shape index (κ1) is 14.1. The molecule has 0 amide bonds. The summed E-state index contributed by atoms with van der Waals surface area (Å²) in [5.74, 6) is 0.686. The zero-order valence-electron chi connectivity index (χ0n) is 12.2. The molecule has 110 valence electrons. The van der Waals surface area contributed by atoms with E-state index in [0.29, 0.717) is 11.7 Å². The standard InChI is InChI=1S/C18H20FNO/c1-2-20-18(16-8-3-4-9-17(16)19)13-6-5-7-15(12-13)21-14-10-11-14/h3-9,12,14,18,20H,2,10-11H2,1H3. The molecule has 1 unspecified atom stereocenters. The van der Waals surface area contributed by atoms with Crippen molar-refractivity contribution < 1.29 is 9.13 Å². The first-order valence-corrected chi connectivity index (χ1v) is 7.52. The Kier molecular flexibility index (Phi) is 4.20. The molecule has 2 nitrogen and oxygen atoms in total. The third kappa shape index (κ3) is 3.42. The van der Waals surface area contributed by atoms with Gasteiger partial charge in [-0.3, -0.25) is 0 Å². The maximum atomic E-state index is 14.1. The molecule has 1 N–H and O–H groups in total. The number of rotatable bonds is 6. The average Bonchev–Trinajstić information content (AvgIpc) is 3.30. The van der Waals surface area contributed by atoms with Crippen molar-refractivity contribution in [3.63, 3.8) is 0 Å². The van der Waals surface area contributed by atoms with E-state index in [1.54, 1.807) is 6.07 Å². The fraction of sp³-hybridized carbons (Fsp3) is 0.333. The number of ether oxygens (including phenoxy) is 1. The van der Waals surface area contributed by atoms with Crippen molar-refractivity contribution in [2.45, 2.75) is 31.9 Å². The van der Waals surface area contributed by atoms with Crippen LogP contribution in [0.25, 0.3) is 0 Å². The number of hydrogen-bond donors (Lipinski definition) is 1. The lowest BCUT2D eigenvalue weighted by atomic mass is 9.98. The summed E-state index contributed by atoms with van der Waals surface area (Å²) in [5, 5.41) is 3.36. The minimum absolute atomic E-state index is 0.154. The van der Waals surface area contributed by atoms with Crippen LogP contribution in [0.5, 0.6) is 5.75 Å². The maximum absolute atomic E-state index is 14.1. The Morgan fingerprint density at radius 1 is 1.19 bits per heavy atom. The van der Waals surface area contributed by atoms with E-state index < -0.39 is 0 Å². The van der Waals surface area contributed by atoms with E-state index in [1.807, 2.05) is 43.3 Å². The van der Waals surface area contributed by atoms with E-state index >= 15 is 0 Å². The lowest BCUT2D eigenvalue weighted by Crippen LogP contribution is -2.23. The second-order valence-electron chi connectivity index (χ2n) is 5.40. The third-order valence-corrected chi connectivity index (χ3v) is 3.64. The summed E-state index contributed by atoms with van der Waals surface area (Å²) in [5.41, 5.74) is 1.70. The van der Waals surface area contributed by atoms with Gasteiger partial charge >= 0.3 is 0 Å². The highest BCUT2D eigenvalue weighted by atomic mass is 19.1. The summed E-state index contributed by atoms with van der Waals surface area (Å²) in [6.07, 6.45) is 2.63. The van der Waals surface area contributed by atoms with E-state index in [9.17, 15) is 4.39 Å². The fourth-order valence-corrected chi connectivity index (χ4v) is 2.47. The molecular weight excluding hydrogens is 265 g/mol. The van der Waals surface area contributed by atoms with Crippen molar-refractivity contribution in [1.29, 1.82) is 0 Å². The van der Waals surface area contributed by atoms with Gasteiger partial charge in [0.05, 0.1) is 12.1 Å². The summed E-state index contributed by atoms with van der Waals surface area (Å²) >= 11 is 0. The van der Waals surface area contributed by atoms with Crippen molar-refractivity contribution in [3.05, 3.63) is 65.5 Å². The second kappa shape index (κ2) is 6.27. The molecule has 0 heterocycles. The molecule has 0 aromatic heterocycles. The van der Waals surface area contributed by atoms with Crippen LogP contribution in [0.15, 0.2) is 48.5 Å². The molecule has 0 radical (unpaired) electrons. The number of halogens is 1. The molecule has 2 aromatic rings.